The normalized spacial score (nSPS) is 16.9. The summed E-state index contributed by atoms with van der Waals surface area (Å²) in [6.45, 7) is 9.97. The maximum Gasteiger partial charge on any atom is 0.320 e. The molecule has 1 saturated carbocycles. The number of amides is 2. The number of aliphatic carboxylic acids is 2. The van der Waals surface area contributed by atoms with Gasteiger partial charge < -0.3 is 41.8 Å². The molecule has 0 saturated heterocycles. The van der Waals surface area contributed by atoms with Crippen molar-refractivity contribution in [1.29, 1.82) is 0 Å². The molecule has 0 spiro atoms. The molecule has 8 N–H and O–H groups in total. The summed E-state index contributed by atoms with van der Waals surface area (Å²) in [5, 5.41) is 34.6. The SMILES string of the molecule is CC(C=O)NC(=O)C(C)(C)CC(C)(C)CC1CCCCC1.CNC(CCC(=O)NC(CO)CCCC(N)C(=O)O)C(=O)O. The second-order valence-corrected chi connectivity index (χ2v) is 13.4. The molecule has 1 aliphatic carbocycles. The molecule has 250 valence electrons. The number of rotatable bonds is 19. The van der Waals surface area contributed by atoms with Crippen LogP contribution in [0.3, 0.4) is 0 Å². The van der Waals surface area contributed by atoms with Crippen molar-refractivity contribution in [3.63, 3.8) is 0 Å². The number of carboxylic acids is 2. The first-order chi connectivity index (χ1) is 20.0. The van der Waals surface area contributed by atoms with Crippen LogP contribution in [0.2, 0.25) is 0 Å². The second-order valence-electron chi connectivity index (χ2n) is 13.4. The van der Waals surface area contributed by atoms with Crippen molar-refractivity contribution in [1.82, 2.24) is 16.0 Å². The Hall–Kier alpha value is -2.57. The van der Waals surface area contributed by atoms with Crippen LogP contribution in [0, 0.1) is 16.7 Å². The first-order valence-electron chi connectivity index (χ1n) is 15.5. The van der Waals surface area contributed by atoms with Crippen LogP contribution in [0.1, 0.15) is 112 Å². The third kappa shape index (κ3) is 18.0. The molecule has 0 aromatic rings. The molecular weight excluding hydrogens is 556 g/mol. The van der Waals surface area contributed by atoms with Gasteiger partial charge in [-0.25, -0.2) is 0 Å². The number of aliphatic hydroxyl groups is 1. The number of nitrogens with one attached hydrogen (secondary N) is 3. The van der Waals surface area contributed by atoms with E-state index in [1.807, 2.05) is 13.8 Å². The van der Waals surface area contributed by atoms with E-state index >= 15 is 0 Å². The Morgan fingerprint density at radius 2 is 1.56 bits per heavy atom. The zero-order chi connectivity index (χ0) is 33.2. The zero-order valence-electron chi connectivity index (χ0n) is 27.1. The van der Waals surface area contributed by atoms with Gasteiger partial charge in [0.2, 0.25) is 11.8 Å². The summed E-state index contributed by atoms with van der Waals surface area (Å²) in [6, 6.07) is -2.65. The number of aliphatic hydroxyl groups excluding tert-OH is 1. The molecule has 4 unspecified atom stereocenters. The number of nitrogens with two attached hydrogens (primary N) is 1. The van der Waals surface area contributed by atoms with Crippen LogP contribution >= 0.6 is 0 Å². The minimum Gasteiger partial charge on any atom is -0.480 e. The van der Waals surface area contributed by atoms with Gasteiger partial charge in [0.25, 0.3) is 0 Å². The zero-order valence-corrected chi connectivity index (χ0v) is 27.1. The van der Waals surface area contributed by atoms with Gasteiger partial charge in [-0.05, 0) is 63.8 Å². The molecule has 0 aromatic heterocycles. The van der Waals surface area contributed by atoms with E-state index in [1.165, 1.54) is 45.6 Å². The van der Waals surface area contributed by atoms with Crippen molar-refractivity contribution in [2.45, 2.75) is 136 Å². The predicted molar refractivity (Wildman–Crippen MR) is 165 cm³/mol. The van der Waals surface area contributed by atoms with E-state index in [0.717, 1.165) is 18.6 Å². The molecule has 1 fully saturated rings. The monoisotopic (exact) mass is 614 g/mol. The Bertz CT molecular complexity index is 874. The van der Waals surface area contributed by atoms with Gasteiger partial charge >= 0.3 is 11.9 Å². The Labute approximate surface area is 257 Å². The van der Waals surface area contributed by atoms with Crippen molar-refractivity contribution >= 4 is 30.0 Å². The highest BCUT2D eigenvalue weighted by Crippen LogP contribution is 2.41. The van der Waals surface area contributed by atoms with Gasteiger partial charge in [-0.2, -0.15) is 0 Å². The van der Waals surface area contributed by atoms with Crippen molar-refractivity contribution in [3.8, 4) is 0 Å². The topological polar surface area (TPSA) is 208 Å². The summed E-state index contributed by atoms with van der Waals surface area (Å²) in [7, 11) is 1.50. The fraction of sp³-hybridized carbons (Fsp3) is 0.839. The highest BCUT2D eigenvalue weighted by molar-refractivity contribution is 5.84. The molecule has 1 rings (SSSR count). The molecule has 12 heteroatoms. The van der Waals surface area contributed by atoms with Crippen LogP contribution in [-0.2, 0) is 24.0 Å². The largest absolute Gasteiger partial charge is 0.480 e. The van der Waals surface area contributed by atoms with Gasteiger partial charge in [0.1, 0.15) is 18.4 Å². The molecule has 0 bridgehead atoms. The molecule has 0 aliphatic heterocycles. The maximum absolute atomic E-state index is 12.3. The van der Waals surface area contributed by atoms with E-state index in [-0.39, 0.29) is 43.1 Å². The van der Waals surface area contributed by atoms with Gasteiger partial charge in [0.15, 0.2) is 0 Å². The second kappa shape index (κ2) is 20.4. The molecule has 0 radical (unpaired) electrons. The fourth-order valence-electron chi connectivity index (χ4n) is 5.84. The average molecular weight is 615 g/mol. The average Bonchev–Trinajstić information content (AvgIpc) is 2.92. The molecular formula is C31H58N4O8. The van der Waals surface area contributed by atoms with Gasteiger partial charge in [0, 0.05) is 11.8 Å². The van der Waals surface area contributed by atoms with E-state index in [9.17, 15) is 29.1 Å². The van der Waals surface area contributed by atoms with Crippen LogP contribution in [0.25, 0.3) is 0 Å². The minimum atomic E-state index is -1.09. The van der Waals surface area contributed by atoms with Gasteiger partial charge in [-0.1, -0.05) is 59.8 Å². The van der Waals surface area contributed by atoms with Gasteiger partial charge in [-0.3, -0.25) is 19.2 Å². The van der Waals surface area contributed by atoms with Crippen molar-refractivity contribution in [2.75, 3.05) is 13.7 Å². The maximum atomic E-state index is 12.3. The van der Waals surface area contributed by atoms with Crippen LogP contribution in [0.4, 0.5) is 0 Å². The first-order valence-corrected chi connectivity index (χ1v) is 15.5. The third-order valence-electron chi connectivity index (χ3n) is 7.94. The van der Waals surface area contributed by atoms with E-state index < -0.39 is 41.5 Å². The molecule has 0 aromatic carbocycles. The lowest BCUT2D eigenvalue weighted by Gasteiger charge is -2.37. The molecule has 4 atom stereocenters. The lowest BCUT2D eigenvalue weighted by Crippen LogP contribution is -2.44. The highest BCUT2D eigenvalue weighted by atomic mass is 16.4. The number of hydrogen-bond donors (Lipinski definition) is 7. The van der Waals surface area contributed by atoms with Crippen LogP contribution < -0.4 is 21.7 Å². The Kier molecular flexibility index (Phi) is 19.2. The standard InChI is InChI=1S/C18H33NO2.C13H25N3O6/c1-14(12-20)19-16(21)18(4,5)13-17(2,3)11-15-9-7-6-8-10-15;1-15-10(13(21)22)5-6-11(18)16-8(7-17)3-2-4-9(14)12(19)20/h12,14-15H,6-11,13H2,1-5H3,(H,19,21);8-10,15,17H,2-7,14H2,1H3,(H,16,18)(H,19,20)(H,21,22). The predicted octanol–water partition coefficient (Wildman–Crippen LogP) is 2.60. The number of carboxylic acid groups (broad SMARTS) is 2. The van der Waals surface area contributed by atoms with Crippen molar-refractivity contribution in [3.05, 3.63) is 0 Å². The third-order valence-corrected chi connectivity index (χ3v) is 7.94. The van der Waals surface area contributed by atoms with E-state index in [2.05, 4.69) is 29.8 Å². The van der Waals surface area contributed by atoms with Crippen LogP contribution in [0.15, 0.2) is 0 Å². The number of likely N-dealkylation sites (N-methyl/N-ethyl adjacent to an activating group) is 1. The van der Waals surface area contributed by atoms with Gasteiger partial charge in [0.05, 0.1) is 18.7 Å². The lowest BCUT2D eigenvalue weighted by atomic mass is 9.68. The van der Waals surface area contributed by atoms with Gasteiger partial charge in [-0.15, -0.1) is 0 Å². The summed E-state index contributed by atoms with van der Waals surface area (Å²) >= 11 is 0. The molecule has 0 heterocycles. The quantitative estimate of drug-likeness (QED) is 0.106. The Morgan fingerprint density at radius 1 is 0.953 bits per heavy atom. The van der Waals surface area contributed by atoms with E-state index in [1.54, 1.807) is 6.92 Å². The number of aldehydes is 1. The summed E-state index contributed by atoms with van der Waals surface area (Å²) < 4.78 is 0. The Morgan fingerprint density at radius 3 is 2.05 bits per heavy atom. The van der Waals surface area contributed by atoms with E-state index in [4.69, 9.17) is 15.9 Å². The Balaban J connectivity index is 0.000000821. The fourth-order valence-corrected chi connectivity index (χ4v) is 5.84. The summed E-state index contributed by atoms with van der Waals surface area (Å²) in [6.07, 6.45) is 10.9. The lowest BCUT2D eigenvalue weighted by molar-refractivity contribution is -0.140. The van der Waals surface area contributed by atoms with Crippen molar-refractivity contribution in [2.24, 2.45) is 22.5 Å². The summed E-state index contributed by atoms with van der Waals surface area (Å²) in [5.74, 6) is -1.67. The number of carbonyl (C=O) groups excluding carboxylic acids is 3. The van der Waals surface area contributed by atoms with E-state index in [0.29, 0.717) is 12.8 Å². The highest BCUT2D eigenvalue weighted by Gasteiger charge is 2.36. The molecule has 43 heavy (non-hydrogen) atoms. The smallest absolute Gasteiger partial charge is 0.320 e. The van der Waals surface area contributed by atoms with Crippen molar-refractivity contribution < 1.29 is 39.3 Å². The minimum absolute atomic E-state index is 0.0150. The van der Waals surface area contributed by atoms with Crippen LogP contribution in [0.5, 0.6) is 0 Å². The molecule has 12 nitrogen and oxygen atoms in total. The summed E-state index contributed by atoms with van der Waals surface area (Å²) in [4.78, 5) is 56.1. The summed E-state index contributed by atoms with van der Waals surface area (Å²) in [5.41, 5.74) is 5.08. The van der Waals surface area contributed by atoms with Crippen LogP contribution in [-0.4, -0.2) is 83.2 Å². The molecule has 2 amide bonds. The number of hydrogen-bond acceptors (Lipinski definition) is 8. The number of carbonyl (C=O) groups is 5. The molecule has 1 aliphatic rings. The first kappa shape index (κ1) is 40.4.